The van der Waals surface area contributed by atoms with E-state index in [2.05, 4.69) is 10.6 Å². The van der Waals surface area contributed by atoms with Crippen LogP contribution in [0.1, 0.15) is 10.4 Å². The normalized spacial score (nSPS) is 14.2. The molecule has 0 radical (unpaired) electrons. The number of hydrogen-bond acceptors (Lipinski definition) is 4. The van der Waals surface area contributed by atoms with E-state index in [1.807, 2.05) is 0 Å². The van der Waals surface area contributed by atoms with Crippen molar-refractivity contribution in [1.82, 2.24) is 15.5 Å². The first-order valence-corrected chi connectivity index (χ1v) is 8.08. The average Bonchev–Trinajstić information content (AvgIpc) is 2.58. The van der Waals surface area contributed by atoms with Crippen LogP contribution in [0.15, 0.2) is 18.2 Å². The summed E-state index contributed by atoms with van der Waals surface area (Å²) < 4.78 is 5.15. The summed E-state index contributed by atoms with van der Waals surface area (Å²) in [6.45, 7) is 1.65. The van der Waals surface area contributed by atoms with E-state index < -0.39 is 11.8 Å². The van der Waals surface area contributed by atoms with Crippen molar-refractivity contribution >= 4 is 40.9 Å². The lowest BCUT2D eigenvalue weighted by molar-refractivity contribution is -0.136. The van der Waals surface area contributed by atoms with E-state index in [4.69, 9.17) is 27.9 Å². The molecule has 1 aliphatic rings. The number of rotatable bonds is 5. The van der Waals surface area contributed by atoms with E-state index in [-0.39, 0.29) is 29.6 Å². The fourth-order valence-corrected chi connectivity index (χ4v) is 2.58. The number of benzene rings is 1. The summed E-state index contributed by atoms with van der Waals surface area (Å²) in [6, 6.07) is 4.45. The Hall–Kier alpha value is -1.83. The molecule has 130 valence electrons. The lowest BCUT2D eigenvalue weighted by Crippen LogP contribution is -2.47. The maximum Gasteiger partial charge on any atom is 0.253 e. The number of amides is 3. The molecular formula is C15H17Cl2N3O4. The van der Waals surface area contributed by atoms with Crippen LogP contribution in [-0.4, -0.2) is 62.0 Å². The van der Waals surface area contributed by atoms with Gasteiger partial charge >= 0.3 is 0 Å². The van der Waals surface area contributed by atoms with Gasteiger partial charge in [-0.2, -0.15) is 0 Å². The number of hydrogen-bond donors (Lipinski definition) is 2. The lowest BCUT2D eigenvalue weighted by Gasteiger charge is -2.26. The van der Waals surface area contributed by atoms with Gasteiger partial charge in [0, 0.05) is 18.1 Å². The second kappa shape index (κ2) is 8.86. The number of ether oxygens (including phenoxy) is 1. The molecule has 1 heterocycles. The molecule has 1 aliphatic heterocycles. The third kappa shape index (κ3) is 5.36. The first-order chi connectivity index (χ1) is 11.5. The Labute approximate surface area is 149 Å². The van der Waals surface area contributed by atoms with Crippen molar-refractivity contribution in [2.24, 2.45) is 0 Å². The van der Waals surface area contributed by atoms with E-state index in [9.17, 15) is 14.4 Å². The molecule has 24 heavy (non-hydrogen) atoms. The molecule has 0 saturated carbocycles. The van der Waals surface area contributed by atoms with Gasteiger partial charge < -0.3 is 20.3 Å². The summed E-state index contributed by atoms with van der Waals surface area (Å²) in [7, 11) is 0. The highest BCUT2D eigenvalue weighted by Crippen LogP contribution is 2.20. The third-order valence-corrected chi connectivity index (χ3v) is 3.93. The van der Waals surface area contributed by atoms with Gasteiger partial charge in [-0.25, -0.2) is 0 Å². The number of carbonyl (C=O) groups excluding carboxylic acids is 3. The molecule has 1 aromatic carbocycles. The highest BCUT2D eigenvalue weighted by molar-refractivity contribution is 6.36. The summed E-state index contributed by atoms with van der Waals surface area (Å²) in [6.07, 6.45) is 0. The zero-order chi connectivity index (χ0) is 17.5. The van der Waals surface area contributed by atoms with Gasteiger partial charge in [-0.1, -0.05) is 23.2 Å². The number of morpholine rings is 1. The fraction of sp³-hybridized carbons (Fsp3) is 0.400. The van der Waals surface area contributed by atoms with Crippen molar-refractivity contribution in [2.45, 2.75) is 0 Å². The Kier molecular flexibility index (Phi) is 6.84. The Bertz CT molecular complexity index is 633. The molecule has 0 atom stereocenters. The number of carbonyl (C=O) groups is 3. The van der Waals surface area contributed by atoms with Gasteiger partial charge in [0.15, 0.2) is 0 Å². The van der Waals surface area contributed by atoms with Crippen molar-refractivity contribution in [2.75, 3.05) is 39.4 Å². The van der Waals surface area contributed by atoms with Gasteiger partial charge in [-0.3, -0.25) is 14.4 Å². The Morgan fingerprint density at radius 2 is 1.79 bits per heavy atom. The molecule has 0 bridgehead atoms. The largest absolute Gasteiger partial charge is 0.378 e. The second-order valence-corrected chi connectivity index (χ2v) is 5.92. The van der Waals surface area contributed by atoms with Crippen LogP contribution in [0.4, 0.5) is 0 Å². The topological polar surface area (TPSA) is 87.7 Å². The molecule has 3 amide bonds. The highest BCUT2D eigenvalue weighted by atomic mass is 35.5. The van der Waals surface area contributed by atoms with Gasteiger partial charge in [0.1, 0.15) is 0 Å². The monoisotopic (exact) mass is 373 g/mol. The summed E-state index contributed by atoms with van der Waals surface area (Å²) in [5.74, 6) is -1.14. The first kappa shape index (κ1) is 18.5. The molecule has 1 fully saturated rings. The van der Waals surface area contributed by atoms with E-state index in [1.165, 1.54) is 18.2 Å². The first-order valence-electron chi connectivity index (χ1n) is 7.33. The molecule has 1 saturated heterocycles. The number of nitrogens with zero attached hydrogens (tertiary/aromatic N) is 1. The Morgan fingerprint density at radius 1 is 1.08 bits per heavy atom. The minimum Gasteiger partial charge on any atom is -0.378 e. The van der Waals surface area contributed by atoms with Crippen LogP contribution in [0.2, 0.25) is 10.0 Å². The summed E-state index contributed by atoms with van der Waals surface area (Å²) in [4.78, 5) is 37.2. The number of halogens is 2. The maximum absolute atomic E-state index is 12.0. The van der Waals surface area contributed by atoms with Crippen molar-refractivity contribution < 1.29 is 19.1 Å². The van der Waals surface area contributed by atoms with Crippen LogP contribution in [0, 0.1) is 0 Å². The van der Waals surface area contributed by atoms with Crippen molar-refractivity contribution in [3.63, 3.8) is 0 Å². The molecular weight excluding hydrogens is 357 g/mol. The molecule has 0 unspecified atom stereocenters. The molecule has 9 heteroatoms. The van der Waals surface area contributed by atoms with Gasteiger partial charge in [0.2, 0.25) is 11.8 Å². The average molecular weight is 374 g/mol. The summed E-state index contributed by atoms with van der Waals surface area (Å²) in [5, 5.41) is 5.52. The standard InChI is InChI=1S/C15H17Cl2N3O4/c16-10-1-2-11(12(17)7-10)15(23)19-8-13(21)18-9-14(22)20-3-5-24-6-4-20/h1-2,7H,3-6,8-9H2,(H,18,21)(H,19,23). The van der Waals surface area contributed by atoms with Crippen LogP contribution < -0.4 is 10.6 Å². The van der Waals surface area contributed by atoms with Crippen LogP contribution in [0.3, 0.4) is 0 Å². The molecule has 0 aliphatic carbocycles. The molecule has 7 nitrogen and oxygen atoms in total. The Balaban J connectivity index is 1.74. The molecule has 2 rings (SSSR count). The predicted molar refractivity (Wildman–Crippen MR) is 89.2 cm³/mol. The SMILES string of the molecule is O=C(CNC(=O)c1ccc(Cl)cc1Cl)NCC(=O)N1CCOCC1. The van der Waals surface area contributed by atoms with Crippen LogP contribution in [0.5, 0.6) is 0 Å². The van der Waals surface area contributed by atoms with E-state index in [1.54, 1.807) is 4.90 Å². The minimum atomic E-state index is -0.494. The quantitative estimate of drug-likeness (QED) is 0.794. The van der Waals surface area contributed by atoms with Gasteiger partial charge in [0.05, 0.1) is 36.9 Å². The van der Waals surface area contributed by atoms with Crippen LogP contribution in [-0.2, 0) is 14.3 Å². The van der Waals surface area contributed by atoms with E-state index >= 15 is 0 Å². The summed E-state index contributed by atoms with van der Waals surface area (Å²) in [5.41, 5.74) is 0.221. The number of nitrogens with one attached hydrogen (secondary N) is 2. The smallest absolute Gasteiger partial charge is 0.253 e. The van der Waals surface area contributed by atoms with Crippen LogP contribution >= 0.6 is 23.2 Å². The van der Waals surface area contributed by atoms with Crippen molar-refractivity contribution in [3.8, 4) is 0 Å². The molecule has 0 spiro atoms. The maximum atomic E-state index is 12.0. The van der Waals surface area contributed by atoms with Gasteiger partial charge in [0.25, 0.3) is 5.91 Å². The second-order valence-electron chi connectivity index (χ2n) is 5.08. The van der Waals surface area contributed by atoms with Crippen molar-refractivity contribution in [3.05, 3.63) is 33.8 Å². The van der Waals surface area contributed by atoms with Crippen LogP contribution in [0.25, 0.3) is 0 Å². The molecule has 1 aromatic rings. The van der Waals surface area contributed by atoms with Gasteiger partial charge in [-0.05, 0) is 18.2 Å². The van der Waals surface area contributed by atoms with Crippen molar-refractivity contribution in [1.29, 1.82) is 0 Å². The van der Waals surface area contributed by atoms with E-state index in [0.717, 1.165) is 0 Å². The third-order valence-electron chi connectivity index (χ3n) is 3.39. The summed E-state index contributed by atoms with van der Waals surface area (Å²) >= 11 is 11.7. The molecule has 0 aromatic heterocycles. The predicted octanol–water partition coefficient (Wildman–Crippen LogP) is 0.698. The molecule has 2 N–H and O–H groups in total. The van der Waals surface area contributed by atoms with Gasteiger partial charge in [-0.15, -0.1) is 0 Å². The van der Waals surface area contributed by atoms with E-state index in [0.29, 0.717) is 31.3 Å². The zero-order valence-electron chi connectivity index (χ0n) is 12.8. The highest BCUT2D eigenvalue weighted by Gasteiger charge is 2.17. The lowest BCUT2D eigenvalue weighted by atomic mass is 10.2. The fourth-order valence-electron chi connectivity index (χ4n) is 2.09. The minimum absolute atomic E-state index is 0.115. The zero-order valence-corrected chi connectivity index (χ0v) is 14.3. The Morgan fingerprint density at radius 3 is 2.46 bits per heavy atom.